The number of anilines is 1. The Morgan fingerprint density at radius 3 is 2.41 bits per heavy atom. The molecular formula is C27H28N6O4. The highest BCUT2D eigenvalue weighted by atomic mass is 16.6. The zero-order valence-electron chi connectivity index (χ0n) is 20.9. The molecule has 2 aromatic carbocycles. The highest BCUT2D eigenvalue weighted by Crippen LogP contribution is 2.37. The summed E-state index contributed by atoms with van der Waals surface area (Å²) in [5.74, 6) is 1.57. The van der Waals surface area contributed by atoms with Crippen molar-refractivity contribution in [3.05, 3.63) is 72.2 Å². The SMILES string of the molecule is CC(C)(C)OC(=O)NCC(=O)N1Cc2c(n(-c3ccc(Oc4ccccc4)cc3)c3c(N)ncnc23)C1. The molecule has 0 fully saturated rings. The van der Waals surface area contributed by atoms with Gasteiger partial charge in [-0.2, -0.15) is 0 Å². The number of hydrogen-bond donors (Lipinski definition) is 2. The van der Waals surface area contributed by atoms with Gasteiger partial charge in [-0.25, -0.2) is 14.8 Å². The molecule has 0 spiro atoms. The van der Waals surface area contributed by atoms with Crippen LogP contribution in [0.25, 0.3) is 16.7 Å². The van der Waals surface area contributed by atoms with Crippen molar-refractivity contribution in [1.29, 1.82) is 0 Å². The van der Waals surface area contributed by atoms with E-state index in [9.17, 15) is 9.59 Å². The normalized spacial score (nSPS) is 12.9. The topological polar surface area (TPSA) is 125 Å². The molecule has 3 heterocycles. The summed E-state index contributed by atoms with van der Waals surface area (Å²) < 4.78 is 13.1. The molecule has 0 atom stereocenters. The summed E-state index contributed by atoms with van der Waals surface area (Å²) in [7, 11) is 0. The molecular weight excluding hydrogens is 472 g/mol. The summed E-state index contributed by atoms with van der Waals surface area (Å²) in [6.07, 6.45) is 0.791. The molecule has 10 heteroatoms. The number of aromatic nitrogens is 3. The van der Waals surface area contributed by atoms with E-state index in [1.807, 2.05) is 59.2 Å². The maximum atomic E-state index is 12.9. The van der Waals surface area contributed by atoms with Gasteiger partial charge in [0, 0.05) is 11.3 Å². The Hall–Kier alpha value is -4.60. The molecule has 37 heavy (non-hydrogen) atoms. The van der Waals surface area contributed by atoms with Crippen molar-refractivity contribution in [2.24, 2.45) is 0 Å². The molecule has 5 rings (SSSR count). The highest BCUT2D eigenvalue weighted by Gasteiger charge is 2.32. The van der Waals surface area contributed by atoms with E-state index in [0.29, 0.717) is 35.7 Å². The van der Waals surface area contributed by atoms with Crippen LogP contribution in [-0.4, -0.2) is 43.6 Å². The molecule has 1 aliphatic heterocycles. The lowest BCUT2D eigenvalue weighted by Crippen LogP contribution is -2.40. The van der Waals surface area contributed by atoms with Crippen LogP contribution in [0.3, 0.4) is 0 Å². The molecule has 3 N–H and O–H groups in total. The second-order valence-corrected chi connectivity index (χ2v) is 9.73. The number of nitrogens with two attached hydrogens (primary N) is 1. The number of amides is 2. The van der Waals surface area contributed by atoms with E-state index in [4.69, 9.17) is 15.2 Å². The van der Waals surface area contributed by atoms with Crippen molar-refractivity contribution >= 4 is 28.9 Å². The Morgan fingerprint density at radius 2 is 1.70 bits per heavy atom. The third-order valence-electron chi connectivity index (χ3n) is 5.88. The maximum absolute atomic E-state index is 12.9. The smallest absolute Gasteiger partial charge is 0.408 e. The first-order valence-electron chi connectivity index (χ1n) is 11.9. The van der Waals surface area contributed by atoms with E-state index in [1.54, 1.807) is 25.7 Å². The minimum Gasteiger partial charge on any atom is -0.457 e. The summed E-state index contributed by atoms with van der Waals surface area (Å²) in [5, 5.41) is 2.53. The Morgan fingerprint density at radius 1 is 1.00 bits per heavy atom. The molecule has 2 amide bonds. The van der Waals surface area contributed by atoms with Gasteiger partial charge in [-0.3, -0.25) is 4.79 Å². The van der Waals surface area contributed by atoms with E-state index < -0.39 is 11.7 Å². The van der Waals surface area contributed by atoms with E-state index >= 15 is 0 Å². The van der Waals surface area contributed by atoms with E-state index in [2.05, 4.69) is 15.3 Å². The molecule has 0 saturated heterocycles. The molecule has 4 aromatic rings. The minimum atomic E-state index is -0.644. The largest absolute Gasteiger partial charge is 0.457 e. The molecule has 0 radical (unpaired) electrons. The second-order valence-electron chi connectivity index (χ2n) is 9.73. The van der Waals surface area contributed by atoms with E-state index in [-0.39, 0.29) is 12.5 Å². The van der Waals surface area contributed by atoms with Gasteiger partial charge in [0.25, 0.3) is 0 Å². The number of nitrogens with zero attached hydrogens (tertiary/aromatic N) is 4. The van der Waals surface area contributed by atoms with Crippen molar-refractivity contribution in [1.82, 2.24) is 24.8 Å². The summed E-state index contributed by atoms with van der Waals surface area (Å²) in [6.45, 7) is 5.82. The molecule has 10 nitrogen and oxygen atoms in total. The van der Waals surface area contributed by atoms with Gasteiger partial charge in [0.05, 0.1) is 24.3 Å². The van der Waals surface area contributed by atoms with Crippen molar-refractivity contribution in [3.63, 3.8) is 0 Å². The van der Waals surface area contributed by atoms with Gasteiger partial charge in [-0.15, -0.1) is 0 Å². The minimum absolute atomic E-state index is 0.167. The molecule has 190 valence electrons. The quantitative estimate of drug-likeness (QED) is 0.421. The van der Waals surface area contributed by atoms with Gasteiger partial charge < -0.3 is 30.0 Å². The average molecular weight is 501 g/mol. The third-order valence-corrected chi connectivity index (χ3v) is 5.88. The molecule has 0 aliphatic carbocycles. The maximum Gasteiger partial charge on any atom is 0.408 e. The number of carbonyl (C=O) groups excluding carboxylic acids is 2. The average Bonchev–Trinajstić information content (AvgIpc) is 3.41. The number of carbonyl (C=O) groups is 2. The van der Waals surface area contributed by atoms with Gasteiger partial charge in [-0.05, 0) is 57.2 Å². The first-order chi connectivity index (χ1) is 17.7. The predicted molar refractivity (Wildman–Crippen MR) is 138 cm³/mol. The Kier molecular flexibility index (Phi) is 6.16. The van der Waals surface area contributed by atoms with Crippen LogP contribution in [0, 0.1) is 0 Å². The first kappa shape index (κ1) is 24.1. The summed E-state index contributed by atoms with van der Waals surface area (Å²) in [6, 6.07) is 17.2. The number of fused-ring (bicyclic) bond motifs is 3. The van der Waals surface area contributed by atoms with Gasteiger partial charge >= 0.3 is 6.09 Å². The van der Waals surface area contributed by atoms with Crippen LogP contribution < -0.4 is 15.8 Å². The van der Waals surface area contributed by atoms with Crippen LogP contribution in [0.1, 0.15) is 32.0 Å². The van der Waals surface area contributed by atoms with E-state index in [0.717, 1.165) is 22.7 Å². The van der Waals surface area contributed by atoms with Crippen LogP contribution in [0.4, 0.5) is 10.6 Å². The van der Waals surface area contributed by atoms with Crippen molar-refractivity contribution < 1.29 is 19.1 Å². The zero-order chi connectivity index (χ0) is 26.2. The zero-order valence-corrected chi connectivity index (χ0v) is 20.9. The van der Waals surface area contributed by atoms with Gasteiger partial charge in [-0.1, -0.05) is 18.2 Å². The number of alkyl carbamates (subject to hydrolysis) is 1. The number of para-hydroxylation sites is 1. The van der Waals surface area contributed by atoms with Crippen molar-refractivity contribution in [2.75, 3.05) is 12.3 Å². The molecule has 0 unspecified atom stereocenters. The summed E-state index contributed by atoms with van der Waals surface area (Å²) in [5.41, 5.74) is 9.66. The summed E-state index contributed by atoms with van der Waals surface area (Å²) >= 11 is 0. The number of rotatable bonds is 5. The first-order valence-corrected chi connectivity index (χ1v) is 11.9. The van der Waals surface area contributed by atoms with Gasteiger partial charge in [0.1, 0.15) is 35.5 Å². The fraction of sp³-hybridized carbons (Fsp3) is 0.259. The lowest BCUT2D eigenvalue weighted by atomic mass is 10.2. The Bertz CT molecular complexity index is 1460. The molecule has 0 saturated carbocycles. The predicted octanol–water partition coefficient (Wildman–Crippen LogP) is 4.16. The van der Waals surface area contributed by atoms with Crippen LogP contribution in [0.2, 0.25) is 0 Å². The highest BCUT2D eigenvalue weighted by molar-refractivity contribution is 5.92. The van der Waals surface area contributed by atoms with Crippen molar-refractivity contribution in [2.45, 2.75) is 39.5 Å². The lowest BCUT2D eigenvalue weighted by molar-refractivity contribution is -0.130. The van der Waals surface area contributed by atoms with Crippen LogP contribution in [0.5, 0.6) is 11.5 Å². The van der Waals surface area contributed by atoms with Crippen molar-refractivity contribution in [3.8, 4) is 17.2 Å². The number of nitrogens with one attached hydrogen (secondary N) is 1. The van der Waals surface area contributed by atoms with Crippen LogP contribution >= 0.6 is 0 Å². The molecule has 0 bridgehead atoms. The Balaban J connectivity index is 1.40. The van der Waals surface area contributed by atoms with Crippen LogP contribution in [-0.2, 0) is 22.6 Å². The third kappa shape index (κ3) is 5.04. The standard InChI is InChI=1S/C27H28N6O4/c1-27(2,3)37-26(35)29-13-22(34)32-14-20-21(15-32)33(24-23(20)30-16-31-25(24)28)17-9-11-19(12-10-17)36-18-7-5-4-6-8-18/h4-12,16H,13-15H2,1-3H3,(H,29,35)(H2,28,30,31). The van der Waals surface area contributed by atoms with Gasteiger partial charge in [0.2, 0.25) is 5.91 Å². The fourth-order valence-electron chi connectivity index (χ4n) is 4.32. The Labute approximate surface area is 214 Å². The lowest BCUT2D eigenvalue weighted by Gasteiger charge is -2.21. The summed E-state index contributed by atoms with van der Waals surface area (Å²) in [4.78, 5) is 35.3. The number of benzene rings is 2. The molecule has 2 aromatic heterocycles. The molecule has 1 aliphatic rings. The monoisotopic (exact) mass is 500 g/mol. The van der Waals surface area contributed by atoms with Crippen LogP contribution in [0.15, 0.2) is 60.9 Å². The number of hydrogen-bond acceptors (Lipinski definition) is 7. The van der Waals surface area contributed by atoms with Gasteiger partial charge in [0.15, 0.2) is 5.82 Å². The fourth-order valence-corrected chi connectivity index (χ4v) is 4.32. The van der Waals surface area contributed by atoms with E-state index in [1.165, 1.54) is 6.33 Å². The number of ether oxygens (including phenoxy) is 2. The second kappa shape index (κ2) is 9.45. The number of nitrogen functional groups attached to an aromatic ring is 1.